The number of hydrogen-bond donors (Lipinski definition) is 1. The van der Waals surface area contributed by atoms with E-state index in [2.05, 4.69) is 34.1 Å². The van der Waals surface area contributed by atoms with E-state index in [1.54, 1.807) is 6.33 Å². The first-order valence-corrected chi connectivity index (χ1v) is 7.87. The lowest BCUT2D eigenvalue weighted by molar-refractivity contribution is 0.408. The van der Waals surface area contributed by atoms with E-state index >= 15 is 0 Å². The predicted octanol–water partition coefficient (Wildman–Crippen LogP) is 2.79. The Morgan fingerprint density at radius 2 is 2.21 bits per heavy atom. The molecule has 0 aromatic carbocycles. The highest BCUT2D eigenvalue weighted by molar-refractivity contribution is 4.90. The first-order chi connectivity index (χ1) is 9.33. The lowest BCUT2D eigenvalue weighted by atomic mass is 9.97. The third kappa shape index (κ3) is 4.30. The minimum Gasteiger partial charge on any atom is -0.317 e. The fourth-order valence-corrected chi connectivity index (χ4v) is 3.15. The molecule has 1 aromatic heterocycles. The van der Waals surface area contributed by atoms with Gasteiger partial charge in [0, 0.05) is 19.0 Å². The Balaban J connectivity index is 1.81. The van der Waals surface area contributed by atoms with Gasteiger partial charge >= 0.3 is 0 Å². The van der Waals surface area contributed by atoms with Crippen LogP contribution in [0.25, 0.3) is 0 Å². The van der Waals surface area contributed by atoms with Gasteiger partial charge in [0.1, 0.15) is 12.2 Å². The molecule has 1 atom stereocenters. The van der Waals surface area contributed by atoms with Crippen molar-refractivity contribution in [1.29, 1.82) is 0 Å². The van der Waals surface area contributed by atoms with Crippen LogP contribution in [0.3, 0.4) is 0 Å². The third-order valence-corrected chi connectivity index (χ3v) is 4.37. The number of aromatic nitrogens is 3. The molecule has 0 amide bonds. The number of aryl methyl sites for hydroxylation is 1. The predicted molar refractivity (Wildman–Crippen MR) is 78.1 cm³/mol. The molecule has 1 fully saturated rings. The summed E-state index contributed by atoms with van der Waals surface area (Å²) in [5.74, 6) is 2.11. The van der Waals surface area contributed by atoms with Gasteiger partial charge in [-0.05, 0) is 32.2 Å². The van der Waals surface area contributed by atoms with Crippen LogP contribution in [0.5, 0.6) is 0 Å². The van der Waals surface area contributed by atoms with E-state index in [1.807, 2.05) is 0 Å². The van der Waals surface area contributed by atoms with Crippen molar-refractivity contribution in [3.8, 4) is 0 Å². The highest BCUT2D eigenvalue weighted by Crippen LogP contribution is 2.29. The Morgan fingerprint density at radius 1 is 1.42 bits per heavy atom. The van der Waals surface area contributed by atoms with Crippen molar-refractivity contribution < 1.29 is 0 Å². The Hall–Kier alpha value is -0.900. The molecule has 1 aliphatic rings. The lowest BCUT2D eigenvalue weighted by Crippen LogP contribution is -2.29. The molecule has 0 saturated heterocycles. The highest BCUT2D eigenvalue weighted by Gasteiger charge is 2.18. The van der Waals surface area contributed by atoms with Crippen molar-refractivity contribution in [3.05, 3.63) is 12.2 Å². The van der Waals surface area contributed by atoms with Crippen molar-refractivity contribution >= 4 is 0 Å². The fraction of sp³-hybridized carbons (Fsp3) is 0.867. The molecule has 2 rings (SSSR count). The Bertz CT molecular complexity index is 355. The lowest BCUT2D eigenvalue weighted by Gasteiger charge is -2.18. The van der Waals surface area contributed by atoms with Crippen LogP contribution < -0.4 is 5.32 Å². The van der Waals surface area contributed by atoms with E-state index in [1.165, 1.54) is 38.5 Å². The molecular weight excluding hydrogens is 236 g/mol. The van der Waals surface area contributed by atoms with Crippen LogP contribution in [0.1, 0.15) is 57.7 Å². The van der Waals surface area contributed by atoms with Gasteiger partial charge in [-0.2, -0.15) is 5.10 Å². The smallest absolute Gasteiger partial charge is 0.138 e. The average molecular weight is 264 g/mol. The maximum atomic E-state index is 4.41. The molecule has 4 heteroatoms. The molecule has 0 aliphatic heterocycles. The molecule has 1 aliphatic carbocycles. The number of rotatable bonds is 8. The zero-order valence-electron chi connectivity index (χ0n) is 12.4. The zero-order chi connectivity index (χ0) is 13.5. The zero-order valence-corrected chi connectivity index (χ0v) is 12.4. The molecule has 19 heavy (non-hydrogen) atoms. The third-order valence-electron chi connectivity index (χ3n) is 4.37. The molecule has 0 spiro atoms. The Labute approximate surface area is 117 Å². The van der Waals surface area contributed by atoms with Crippen molar-refractivity contribution in [1.82, 2.24) is 20.1 Å². The summed E-state index contributed by atoms with van der Waals surface area (Å²) in [5, 5.41) is 7.76. The van der Waals surface area contributed by atoms with Gasteiger partial charge in [0.15, 0.2) is 0 Å². The van der Waals surface area contributed by atoms with Crippen LogP contribution in [0.15, 0.2) is 6.33 Å². The summed E-state index contributed by atoms with van der Waals surface area (Å²) in [6.45, 7) is 3.16. The van der Waals surface area contributed by atoms with Gasteiger partial charge in [-0.25, -0.2) is 4.98 Å². The van der Waals surface area contributed by atoms with E-state index in [-0.39, 0.29) is 0 Å². The van der Waals surface area contributed by atoms with Gasteiger partial charge in [-0.3, -0.25) is 4.68 Å². The molecule has 4 nitrogen and oxygen atoms in total. The first kappa shape index (κ1) is 14.5. The van der Waals surface area contributed by atoms with Crippen LogP contribution >= 0.6 is 0 Å². The Kier molecular flexibility index (Phi) is 5.83. The van der Waals surface area contributed by atoms with E-state index in [0.717, 1.165) is 31.1 Å². The normalized spacial score (nSPS) is 18.0. The summed E-state index contributed by atoms with van der Waals surface area (Å²) in [4.78, 5) is 4.41. The molecule has 1 heterocycles. The van der Waals surface area contributed by atoms with Crippen molar-refractivity contribution in [2.24, 2.45) is 5.92 Å². The topological polar surface area (TPSA) is 42.7 Å². The minimum absolute atomic E-state index is 0.542. The number of likely N-dealkylation sites (N-methyl/N-ethyl adjacent to an activating group) is 1. The van der Waals surface area contributed by atoms with Gasteiger partial charge < -0.3 is 5.32 Å². The van der Waals surface area contributed by atoms with E-state index in [4.69, 9.17) is 0 Å². The summed E-state index contributed by atoms with van der Waals surface area (Å²) in [6.07, 6.45) is 12.2. The molecular formula is C15H28N4. The Morgan fingerprint density at radius 3 is 2.89 bits per heavy atom. The second kappa shape index (κ2) is 7.63. The minimum atomic E-state index is 0.542. The monoisotopic (exact) mass is 264 g/mol. The largest absolute Gasteiger partial charge is 0.317 e. The maximum Gasteiger partial charge on any atom is 0.138 e. The van der Waals surface area contributed by atoms with Crippen molar-refractivity contribution in [2.75, 3.05) is 7.05 Å². The number of hydrogen-bond acceptors (Lipinski definition) is 3. The molecule has 1 unspecified atom stereocenters. The SMILES string of the molecule is CCCn1ncnc1CC(CCC1CCCC1)NC. The van der Waals surface area contributed by atoms with E-state index < -0.39 is 0 Å². The second-order valence-electron chi connectivity index (χ2n) is 5.82. The molecule has 1 N–H and O–H groups in total. The van der Waals surface area contributed by atoms with Gasteiger partial charge in [0.25, 0.3) is 0 Å². The average Bonchev–Trinajstić information content (AvgIpc) is 3.07. The molecule has 0 bridgehead atoms. The highest BCUT2D eigenvalue weighted by atomic mass is 15.3. The van der Waals surface area contributed by atoms with Crippen LogP contribution in [0.2, 0.25) is 0 Å². The van der Waals surface area contributed by atoms with Crippen LogP contribution in [-0.2, 0) is 13.0 Å². The number of nitrogens with zero attached hydrogens (tertiary/aromatic N) is 3. The second-order valence-corrected chi connectivity index (χ2v) is 5.82. The van der Waals surface area contributed by atoms with E-state index in [9.17, 15) is 0 Å². The maximum absolute atomic E-state index is 4.41. The molecule has 0 radical (unpaired) electrons. The summed E-state index contributed by atoms with van der Waals surface area (Å²) >= 11 is 0. The molecule has 1 aromatic rings. The summed E-state index contributed by atoms with van der Waals surface area (Å²) in [5.41, 5.74) is 0. The van der Waals surface area contributed by atoms with Crippen LogP contribution in [0, 0.1) is 5.92 Å². The van der Waals surface area contributed by atoms with Crippen LogP contribution in [-0.4, -0.2) is 27.9 Å². The van der Waals surface area contributed by atoms with Gasteiger partial charge in [-0.15, -0.1) is 0 Å². The van der Waals surface area contributed by atoms with E-state index in [0.29, 0.717) is 6.04 Å². The summed E-state index contributed by atoms with van der Waals surface area (Å²) in [6, 6.07) is 0.542. The summed E-state index contributed by atoms with van der Waals surface area (Å²) < 4.78 is 2.06. The molecule has 1 saturated carbocycles. The summed E-state index contributed by atoms with van der Waals surface area (Å²) in [7, 11) is 2.07. The van der Waals surface area contributed by atoms with Crippen molar-refractivity contribution in [2.45, 2.75) is 70.9 Å². The van der Waals surface area contributed by atoms with Gasteiger partial charge in [0.2, 0.25) is 0 Å². The molecule has 108 valence electrons. The van der Waals surface area contributed by atoms with Gasteiger partial charge in [0.05, 0.1) is 0 Å². The fourth-order valence-electron chi connectivity index (χ4n) is 3.15. The first-order valence-electron chi connectivity index (χ1n) is 7.87. The quantitative estimate of drug-likeness (QED) is 0.785. The van der Waals surface area contributed by atoms with Crippen LogP contribution in [0.4, 0.5) is 0 Å². The van der Waals surface area contributed by atoms with Gasteiger partial charge in [-0.1, -0.05) is 32.6 Å². The van der Waals surface area contributed by atoms with Crippen molar-refractivity contribution in [3.63, 3.8) is 0 Å². The standard InChI is InChI=1S/C15H28N4/c1-3-10-19-15(17-12-18-19)11-14(16-2)9-8-13-6-4-5-7-13/h12-14,16H,3-11H2,1-2H3. The number of nitrogens with one attached hydrogen (secondary N) is 1.